The molecule has 0 radical (unpaired) electrons. The van der Waals surface area contributed by atoms with Gasteiger partial charge in [0.05, 0.1) is 5.56 Å². The van der Waals surface area contributed by atoms with Crippen LogP contribution in [0.15, 0.2) is 24.3 Å². The second kappa shape index (κ2) is 6.04. The number of nitrogens with zero attached hydrogens (tertiary/aromatic N) is 1. The average molecular weight is 301 g/mol. The Morgan fingerprint density at radius 3 is 2.41 bits per heavy atom. The summed E-state index contributed by atoms with van der Waals surface area (Å²) in [5.74, 6) is -0.165. The van der Waals surface area contributed by atoms with Crippen LogP contribution < -0.4 is 0 Å². The number of hydrogen-bond acceptors (Lipinski definition) is 2. The lowest BCUT2D eigenvalue weighted by Gasteiger charge is -2.61. The normalized spacial score (nSPS) is 24.4. The van der Waals surface area contributed by atoms with Crippen molar-refractivity contribution in [3.8, 4) is 0 Å². The largest absolute Gasteiger partial charge is 0.478 e. The highest BCUT2D eigenvalue weighted by Crippen LogP contribution is 2.51. The molecule has 22 heavy (non-hydrogen) atoms. The molecule has 0 amide bonds. The van der Waals surface area contributed by atoms with E-state index in [4.69, 9.17) is 5.11 Å². The van der Waals surface area contributed by atoms with E-state index in [9.17, 15) is 4.79 Å². The summed E-state index contributed by atoms with van der Waals surface area (Å²) >= 11 is 0. The summed E-state index contributed by atoms with van der Waals surface area (Å²) < 4.78 is 0. The molecular formula is C19H27NO2. The first kappa shape index (κ1) is 15.5. The van der Waals surface area contributed by atoms with Crippen LogP contribution in [0.2, 0.25) is 0 Å². The fourth-order valence-corrected chi connectivity index (χ4v) is 4.85. The summed E-state index contributed by atoms with van der Waals surface area (Å²) in [5.41, 5.74) is 2.16. The maximum Gasteiger partial charge on any atom is 0.335 e. The minimum atomic E-state index is -0.850. The van der Waals surface area contributed by atoms with Gasteiger partial charge in [0.1, 0.15) is 0 Å². The van der Waals surface area contributed by atoms with Crippen molar-refractivity contribution >= 4 is 5.97 Å². The van der Waals surface area contributed by atoms with Gasteiger partial charge in [-0.1, -0.05) is 45.2 Å². The molecule has 0 bridgehead atoms. The average Bonchev–Trinajstić information content (AvgIpc) is 2.47. The summed E-state index contributed by atoms with van der Waals surface area (Å²) in [6, 6.07) is 8.06. The Balaban J connectivity index is 1.69. The van der Waals surface area contributed by atoms with Crippen molar-refractivity contribution in [1.82, 2.24) is 4.90 Å². The second-order valence-corrected chi connectivity index (χ2v) is 7.52. The van der Waals surface area contributed by atoms with E-state index in [1.54, 1.807) is 12.1 Å². The maximum atomic E-state index is 10.9. The van der Waals surface area contributed by atoms with E-state index < -0.39 is 5.97 Å². The standard InChI is InChI=1S/C19H27NO2/c1-14(2)17-19(10-4-3-5-11-19)13-20(17)12-15-6-8-16(9-7-15)18(21)22/h6-9,14,17H,3-5,10-13H2,1-2H3,(H,21,22). The van der Waals surface area contributed by atoms with Crippen molar-refractivity contribution in [2.75, 3.05) is 6.54 Å². The number of benzene rings is 1. The monoisotopic (exact) mass is 301 g/mol. The fourth-order valence-electron chi connectivity index (χ4n) is 4.85. The van der Waals surface area contributed by atoms with E-state index in [1.165, 1.54) is 44.2 Å². The van der Waals surface area contributed by atoms with Gasteiger partial charge in [-0.25, -0.2) is 4.79 Å². The smallest absolute Gasteiger partial charge is 0.335 e. The van der Waals surface area contributed by atoms with Crippen LogP contribution in [0.25, 0.3) is 0 Å². The fraction of sp³-hybridized carbons (Fsp3) is 0.632. The summed E-state index contributed by atoms with van der Waals surface area (Å²) in [7, 11) is 0. The lowest BCUT2D eigenvalue weighted by Crippen LogP contribution is -2.66. The Morgan fingerprint density at radius 1 is 1.23 bits per heavy atom. The number of carboxylic acid groups (broad SMARTS) is 1. The van der Waals surface area contributed by atoms with Crippen LogP contribution in [0.4, 0.5) is 0 Å². The van der Waals surface area contributed by atoms with Crippen LogP contribution in [-0.2, 0) is 6.54 Å². The molecule has 1 unspecified atom stereocenters. The number of carboxylic acids is 1. The molecule has 2 aliphatic rings. The molecule has 1 aromatic rings. The van der Waals surface area contributed by atoms with Crippen molar-refractivity contribution in [2.45, 2.75) is 58.5 Å². The Hall–Kier alpha value is -1.35. The molecule has 1 spiro atoms. The molecule has 1 atom stereocenters. The van der Waals surface area contributed by atoms with Crippen LogP contribution >= 0.6 is 0 Å². The Morgan fingerprint density at radius 2 is 1.86 bits per heavy atom. The SMILES string of the molecule is CC(C)C1N(Cc2ccc(C(=O)O)cc2)CC12CCCCC2. The Bertz CT molecular complexity index is 529. The third-order valence-corrected chi connectivity index (χ3v) is 5.61. The van der Waals surface area contributed by atoms with E-state index in [0.717, 1.165) is 6.54 Å². The highest BCUT2D eigenvalue weighted by atomic mass is 16.4. The lowest BCUT2D eigenvalue weighted by molar-refractivity contribution is -0.123. The van der Waals surface area contributed by atoms with Crippen LogP contribution in [0.3, 0.4) is 0 Å². The molecule has 3 nitrogen and oxygen atoms in total. The zero-order valence-corrected chi connectivity index (χ0v) is 13.7. The summed E-state index contributed by atoms with van der Waals surface area (Å²) in [6.45, 7) is 6.86. The molecule has 3 heteroatoms. The van der Waals surface area contributed by atoms with Crippen molar-refractivity contribution in [1.29, 1.82) is 0 Å². The third kappa shape index (κ3) is 2.79. The molecule has 1 aliphatic carbocycles. The van der Waals surface area contributed by atoms with Crippen LogP contribution in [-0.4, -0.2) is 28.6 Å². The van der Waals surface area contributed by atoms with Gasteiger partial charge in [0.15, 0.2) is 0 Å². The number of aromatic carboxylic acids is 1. The van der Waals surface area contributed by atoms with E-state index in [-0.39, 0.29) is 0 Å². The highest BCUT2D eigenvalue weighted by Gasteiger charge is 2.52. The molecule has 1 saturated heterocycles. The quantitative estimate of drug-likeness (QED) is 0.907. The van der Waals surface area contributed by atoms with Crippen LogP contribution in [0.1, 0.15) is 61.9 Å². The molecule has 1 N–H and O–H groups in total. The third-order valence-electron chi connectivity index (χ3n) is 5.61. The maximum absolute atomic E-state index is 10.9. The molecule has 1 saturated carbocycles. The Kier molecular flexibility index (Phi) is 4.26. The predicted molar refractivity (Wildman–Crippen MR) is 88.0 cm³/mol. The number of rotatable bonds is 4. The first-order valence-corrected chi connectivity index (χ1v) is 8.58. The molecule has 1 aromatic carbocycles. The van der Waals surface area contributed by atoms with Crippen molar-refractivity contribution in [2.24, 2.45) is 11.3 Å². The van der Waals surface area contributed by atoms with Gasteiger partial charge in [0, 0.05) is 19.1 Å². The number of likely N-dealkylation sites (tertiary alicyclic amines) is 1. The van der Waals surface area contributed by atoms with Gasteiger partial charge >= 0.3 is 5.97 Å². The van der Waals surface area contributed by atoms with Crippen LogP contribution in [0, 0.1) is 11.3 Å². The minimum Gasteiger partial charge on any atom is -0.478 e. The topological polar surface area (TPSA) is 40.5 Å². The van der Waals surface area contributed by atoms with Gasteiger partial charge in [-0.2, -0.15) is 0 Å². The van der Waals surface area contributed by atoms with Gasteiger partial charge in [0.2, 0.25) is 0 Å². The van der Waals surface area contributed by atoms with Gasteiger partial charge in [-0.05, 0) is 41.9 Å². The highest BCUT2D eigenvalue weighted by molar-refractivity contribution is 5.87. The van der Waals surface area contributed by atoms with Crippen LogP contribution in [0.5, 0.6) is 0 Å². The first-order chi connectivity index (χ1) is 10.5. The van der Waals surface area contributed by atoms with E-state index in [0.29, 0.717) is 22.9 Å². The van der Waals surface area contributed by atoms with E-state index in [2.05, 4.69) is 18.7 Å². The number of hydrogen-bond donors (Lipinski definition) is 1. The lowest BCUT2D eigenvalue weighted by atomic mass is 9.60. The van der Waals surface area contributed by atoms with E-state index >= 15 is 0 Å². The second-order valence-electron chi connectivity index (χ2n) is 7.52. The molecule has 1 aliphatic heterocycles. The van der Waals surface area contributed by atoms with Gasteiger partial charge in [-0.15, -0.1) is 0 Å². The summed E-state index contributed by atoms with van der Waals surface area (Å²) in [5, 5.41) is 8.99. The zero-order chi connectivity index (χ0) is 15.7. The van der Waals surface area contributed by atoms with E-state index in [1.807, 2.05) is 12.1 Å². The summed E-state index contributed by atoms with van der Waals surface area (Å²) in [6.07, 6.45) is 6.98. The molecule has 3 rings (SSSR count). The zero-order valence-electron chi connectivity index (χ0n) is 13.7. The first-order valence-electron chi connectivity index (χ1n) is 8.58. The molecule has 2 fully saturated rings. The molecule has 0 aromatic heterocycles. The summed E-state index contributed by atoms with van der Waals surface area (Å²) in [4.78, 5) is 13.5. The Labute approximate surface area is 133 Å². The van der Waals surface area contributed by atoms with Gasteiger partial charge in [0.25, 0.3) is 0 Å². The van der Waals surface area contributed by atoms with Gasteiger partial charge < -0.3 is 5.11 Å². The van der Waals surface area contributed by atoms with Crippen molar-refractivity contribution < 1.29 is 9.90 Å². The molecule has 120 valence electrons. The van der Waals surface area contributed by atoms with Crippen molar-refractivity contribution in [3.05, 3.63) is 35.4 Å². The minimum absolute atomic E-state index is 0.372. The van der Waals surface area contributed by atoms with Gasteiger partial charge in [-0.3, -0.25) is 4.90 Å². The van der Waals surface area contributed by atoms with Crippen molar-refractivity contribution in [3.63, 3.8) is 0 Å². The molecule has 1 heterocycles. The molecular weight excluding hydrogens is 274 g/mol. The number of carbonyl (C=O) groups is 1. The predicted octanol–water partition coefficient (Wildman–Crippen LogP) is 4.18.